The van der Waals surface area contributed by atoms with Crippen molar-refractivity contribution in [3.8, 4) is 10.7 Å². The lowest BCUT2D eigenvalue weighted by molar-refractivity contribution is -0.0199. The highest BCUT2D eigenvalue weighted by Gasteiger charge is 2.34. The van der Waals surface area contributed by atoms with Crippen molar-refractivity contribution in [2.75, 3.05) is 19.7 Å². The Morgan fingerprint density at radius 3 is 2.92 bits per heavy atom. The third-order valence-electron chi connectivity index (χ3n) is 3.92. The number of rotatable bonds is 4. The summed E-state index contributed by atoms with van der Waals surface area (Å²) in [4.78, 5) is 5.06. The third-order valence-corrected chi connectivity index (χ3v) is 6.65. The largest absolute Gasteiger partial charge is 0.366 e. The van der Waals surface area contributed by atoms with E-state index in [-0.39, 0.29) is 30.5 Å². The van der Waals surface area contributed by atoms with Crippen LogP contribution in [0, 0.1) is 5.82 Å². The molecule has 1 aromatic carbocycles. The van der Waals surface area contributed by atoms with E-state index >= 15 is 0 Å². The molecule has 1 atom stereocenters. The van der Waals surface area contributed by atoms with E-state index in [1.165, 1.54) is 33.8 Å². The highest BCUT2D eigenvalue weighted by molar-refractivity contribution is 7.89. The van der Waals surface area contributed by atoms with Crippen molar-refractivity contribution in [3.05, 3.63) is 53.5 Å². The third kappa shape index (κ3) is 3.28. The molecule has 1 fully saturated rings. The van der Waals surface area contributed by atoms with Crippen LogP contribution in [-0.4, -0.2) is 42.6 Å². The molecule has 1 aliphatic rings. The van der Waals surface area contributed by atoms with Crippen LogP contribution in [0.3, 0.4) is 0 Å². The first-order valence-corrected chi connectivity index (χ1v) is 10.1. The van der Waals surface area contributed by atoms with Crippen LogP contribution < -0.4 is 0 Å². The van der Waals surface area contributed by atoms with Gasteiger partial charge in [-0.2, -0.15) is 9.29 Å². The number of nitrogens with zero attached hydrogens (tertiary/aromatic N) is 3. The highest BCUT2D eigenvalue weighted by atomic mass is 32.2. The second-order valence-corrected chi connectivity index (χ2v) is 8.50. The Balaban J connectivity index is 1.56. The molecule has 26 heavy (non-hydrogen) atoms. The normalized spacial score (nSPS) is 18.9. The van der Waals surface area contributed by atoms with Crippen LogP contribution in [0.1, 0.15) is 12.0 Å². The summed E-state index contributed by atoms with van der Waals surface area (Å²) in [7, 11) is -3.84. The zero-order valence-corrected chi connectivity index (χ0v) is 15.0. The average Bonchev–Trinajstić information content (AvgIpc) is 3.33. The molecule has 0 unspecified atom stereocenters. The summed E-state index contributed by atoms with van der Waals surface area (Å²) in [5, 5.41) is 5.82. The SMILES string of the molecule is O=S(=O)(c1cccc(F)c1)N1CCO[C@H](c2nc(-c3cccs3)no2)C1. The van der Waals surface area contributed by atoms with E-state index < -0.39 is 21.9 Å². The van der Waals surface area contributed by atoms with Crippen LogP contribution in [0.5, 0.6) is 0 Å². The van der Waals surface area contributed by atoms with Crippen molar-refractivity contribution in [3.63, 3.8) is 0 Å². The smallest absolute Gasteiger partial charge is 0.257 e. The Morgan fingerprint density at radius 1 is 1.27 bits per heavy atom. The fraction of sp³-hybridized carbons (Fsp3) is 0.250. The van der Waals surface area contributed by atoms with E-state index in [1.54, 1.807) is 0 Å². The zero-order valence-electron chi connectivity index (χ0n) is 13.4. The Hall–Kier alpha value is -2.14. The van der Waals surface area contributed by atoms with Crippen LogP contribution in [0.25, 0.3) is 10.7 Å². The van der Waals surface area contributed by atoms with Crippen molar-refractivity contribution in [1.29, 1.82) is 0 Å². The Labute approximate surface area is 153 Å². The van der Waals surface area contributed by atoms with E-state index in [0.717, 1.165) is 10.9 Å². The minimum absolute atomic E-state index is 0.0188. The Kier molecular flexibility index (Phi) is 4.57. The molecular formula is C16H14FN3O4S2. The summed E-state index contributed by atoms with van der Waals surface area (Å²) in [6.45, 7) is 0.363. The maximum atomic E-state index is 13.4. The van der Waals surface area contributed by atoms with Gasteiger partial charge in [0.2, 0.25) is 15.8 Å². The molecule has 136 valence electrons. The number of hydrogen-bond donors (Lipinski definition) is 0. The fourth-order valence-corrected chi connectivity index (χ4v) is 4.75. The molecule has 0 aliphatic carbocycles. The van der Waals surface area contributed by atoms with Gasteiger partial charge in [-0.05, 0) is 29.6 Å². The van der Waals surface area contributed by atoms with Crippen molar-refractivity contribution in [1.82, 2.24) is 14.4 Å². The molecule has 2 aromatic heterocycles. The van der Waals surface area contributed by atoms with Gasteiger partial charge in [0.25, 0.3) is 5.89 Å². The fourth-order valence-electron chi connectivity index (χ4n) is 2.64. The van der Waals surface area contributed by atoms with Crippen LogP contribution in [0.4, 0.5) is 4.39 Å². The Morgan fingerprint density at radius 2 is 2.15 bits per heavy atom. The van der Waals surface area contributed by atoms with Crippen molar-refractivity contribution in [2.45, 2.75) is 11.0 Å². The van der Waals surface area contributed by atoms with E-state index in [0.29, 0.717) is 5.82 Å². The quantitative estimate of drug-likeness (QED) is 0.675. The number of thiophene rings is 1. The molecule has 4 rings (SSSR count). The standard InChI is InChI=1S/C16H14FN3O4S2/c17-11-3-1-4-12(9-11)26(21,22)20-6-7-23-13(10-20)16-18-15(19-24-16)14-5-2-8-25-14/h1-5,8-9,13H,6-7,10H2/t13-/m0/s1. The van der Waals surface area contributed by atoms with Gasteiger partial charge in [0, 0.05) is 13.1 Å². The summed E-state index contributed by atoms with van der Waals surface area (Å²) >= 11 is 1.47. The number of ether oxygens (including phenoxy) is 1. The van der Waals surface area contributed by atoms with Crippen molar-refractivity contribution >= 4 is 21.4 Å². The molecule has 10 heteroatoms. The molecule has 0 amide bonds. The molecular weight excluding hydrogens is 381 g/mol. The van der Waals surface area contributed by atoms with Crippen LogP contribution in [0.2, 0.25) is 0 Å². The van der Waals surface area contributed by atoms with E-state index in [9.17, 15) is 12.8 Å². The van der Waals surface area contributed by atoms with Gasteiger partial charge >= 0.3 is 0 Å². The van der Waals surface area contributed by atoms with Crippen LogP contribution in [-0.2, 0) is 14.8 Å². The molecule has 0 saturated carbocycles. The average molecular weight is 395 g/mol. The number of benzene rings is 1. The van der Waals surface area contributed by atoms with Gasteiger partial charge in [-0.25, -0.2) is 12.8 Å². The van der Waals surface area contributed by atoms with Gasteiger partial charge in [-0.1, -0.05) is 17.3 Å². The molecule has 0 bridgehead atoms. The van der Waals surface area contributed by atoms with Gasteiger partial charge in [-0.15, -0.1) is 11.3 Å². The molecule has 0 spiro atoms. The first-order valence-electron chi connectivity index (χ1n) is 7.79. The first kappa shape index (κ1) is 17.3. The first-order chi connectivity index (χ1) is 12.5. The number of morpholine rings is 1. The molecule has 3 aromatic rings. The number of hydrogen-bond acceptors (Lipinski definition) is 7. The summed E-state index contributed by atoms with van der Waals surface area (Å²) < 4.78 is 51.0. The van der Waals surface area contributed by atoms with Gasteiger partial charge in [-0.3, -0.25) is 0 Å². The molecule has 1 aliphatic heterocycles. The maximum Gasteiger partial charge on any atom is 0.257 e. The minimum Gasteiger partial charge on any atom is -0.366 e. The van der Waals surface area contributed by atoms with Crippen LogP contribution in [0.15, 0.2) is 51.2 Å². The lowest BCUT2D eigenvalue weighted by Gasteiger charge is -2.30. The monoisotopic (exact) mass is 395 g/mol. The topological polar surface area (TPSA) is 85.5 Å². The summed E-state index contributed by atoms with van der Waals surface area (Å²) in [6.07, 6.45) is -0.673. The molecule has 0 N–H and O–H groups in total. The maximum absolute atomic E-state index is 13.4. The lowest BCUT2D eigenvalue weighted by atomic mass is 10.3. The zero-order chi connectivity index (χ0) is 18.1. The minimum atomic E-state index is -3.84. The second kappa shape index (κ2) is 6.88. The summed E-state index contributed by atoms with van der Waals surface area (Å²) in [5.74, 6) is 0.0460. The van der Waals surface area contributed by atoms with E-state index in [2.05, 4.69) is 10.1 Å². The van der Waals surface area contributed by atoms with Gasteiger partial charge in [0.1, 0.15) is 5.82 Å². The predicted octanol–water partition coefficient (Wildman–Crippen LogP) is 2.70. The summed E-state index contributed by atoms with van der Waals surface area (Å²) in [6, 6.07) is 8.67. The van der Waals surface area contributed by atoms with E-state index in [4.69, 9.17) is 9.26 Å². The number of sulfonamides is 1. The lowest BCUT2D eigenvalue weighted by Crippen LogP contribution is -2.42. The van der Waals surface area contributed by atoms with Crippen LogP contribution >= 0.6 is 11.3 Å². The van der Waals surface area contributed by atoms with Gasteiger partial charge in [0.05, 0.1) is 16.4 Å². The van der Waals surface area contributed by atoms with Crippen molar-refractivity contribution in [2.24, 2.45) is 0 Å². The molecule has 3 heterocycles. The number of halogens is 1. The highest BCUT2D eigenvalue weighted by Crippen LogP contribution is 2.28. The molecule has 1 saturated heterocycles. The molecule has 7 nitrogen and oxygen atoms in total. The number of aromatic nitrogens is 2. The van der Waals surface area contributed by atoms with E-state index in [1.807, 2.05) is 17.5 Å². The van der Waals surface area contributed by atoms with Gasteiger partial charge in [0.15, 0.2) is 6.10 Å². The van der Waals surface area contributed by atoms with Crippen molar-refractivity contribution < 1.29 is 22.1 Å². The molecule has 0 radical (unpaired) electrons. The van der Waals surface area contributed by atoms with Gasteiger partial charge < -0.3 is 9.26 Å². The predicted molar refractivity (Wildman–Crippen MR) is 91.5 cm³/mol. The summed E-state index contributed by atoms with van der Waals surface area (Å²) in [5.41, 5.74) is 0. The second-order valence-electron chi connectivity index (χ2n) is 5.61. The Bertz CT molecular complexity index is 1000.